The summed E-state index contributed by atoms with van der Waals surface area (Å²) < 4.78 is 5.34. The van der Waals surface area contributed by atoms with Gasteiger partial charge in [-0.15, -0.1) is 0 Å². The summed E-state index contributed by atoms with van der Waals surface area (Å²) in [5.74, 6) is 0.600. The molecule has 0 amide bonds. The molecule has 0 radical (unpaired) electrons. The lowest BCUT2D eigenvalue weighted by Gasteiger charge is -1.98. The minimum atomic E-state index is -0.0289. The van der Waals surface area contributed by atoms with Gasteiger partial charge in [-0.2, -0.15) is 0 Å². The molecule has 3 heteroatoms. The van der Waals surface area contributed by atoms with Gasteiger partial charge >= 0.3 is 0 Å². The van der Waals surface area contributed by atoms with Crippen LogP contribution in [-0.4, -0.2) is 0 Å². The normalized spacial score (nSPS) is 9.53. The van der Waals surface area contributed by atoms with Gasteiger partial charge in [0.05, 0.1) is 5.39 Å². The first-order chi connectivity index (χ1) is 7.16. The van der Waals surface area contributed by atoms with E-state index < -0.39 is 0 Å². The van der Waals surface area contributed by atoms with Crippen LogP contribution in [0.4, 0.5) is 5.69 Å². The third kappa shape index (κ3) is 2.37. The van der Waals surface area contributed by atoms with Crippen molar-refractivity contribution >= 4 is 16.7 Å². The molecule has 2 rings (SSSR count). The number of hydrogen-bond donors (Lipinski definition) is 1. The number of rotatable bonds is 0. The van der Waals surface area contributed by atoms with Crippen molar-refractivity contribution in [2.45, 2.75) is 20.8 Å². The fourth-order valence-corrected chi connectivity index (χ4v) is 1.29. The maximum absolute atomic E-state index is 11.4. The first-order valence-electron chi connectivity index (χ1n) is 4.97. The molecule has 0 saturated heterocycles. The van der Waals surface area contributed by atoms with E-state index in [1.54, 1.807) is 25.1 Å². The van der Waals surface area contributed by atoms with Crippen molar-refractivity contribution in [3.8, 4) is 0 Å². The van der Waals surface area contributed by atoms with Crippen LogP contribution in [0, 0.1) is 6.92 Å². The van der Waals surface area contributed by atoms with Crippen molar-refractivity contribution in [2.75, 3.05) is 5.73 Å². The van der Waals surface area contributed by atoms with Gasteiger partial charge in [-0.05, 0) is 19.1 Å². The Morgan fingerprint density at radius 3 is 2.53 bits per heavy atom. The van der Waals surface area contributed by atoms with Gasteiger partial charge in [-0.25, -0.2) is 0 Å². The van der Waals surface area contributed by atoms with Crippen LogP contribution >= 0.6 is 0 Å². The van der Waals surface area contributed by atoms with E-state index in [-0.39, 0.29) is 5.43 Å². The second-order valence-electron chi connectivity index (χ2n) is 2.98. The molecule has 1 aromatic carbocycles. The molecule has 1 aromatic heterocycles. The van der Waals surface area contributed by atoms with Crippen LogP contribution in [0.25, 0.3) is 11.0 Å². The fraction of sp³-hybridized carbons (Fsp3) is 0.250. The summed E-state index contributed by atoms with van der Waals surface area (Å²) in [4.78, 5) is 11.4. The summed E-state index contributed by atoms with van der Waals surface area (Å²) in [5.41, 5.74) is 6.68. The van der Waals surface area contributed by atoms with Crippen LogP contribution < -0.4 is 11.2 Å². The number of nitrogens with two attached hydrogens (primary N) is 1. The Kier molecular flexibility index (Phi) is 3.50. The van der Waals surface area contributed by atoms with Crippen molar-refractivity contribution in [1.29, 1.82) is 0 Å². The van der Waals surface area contributed by atoms with E-state index in [9.17, 15) is 4.79 Å². The van der Waals surface area contributed by atoms with Crippen molar-refractivity contribution < 1.29 is 4.42 Å². The van der Waals surface area contributed by atoms with E-state index in [0.29, 0.717) is 22.4 Å². The maximum atomic E-state index is 11.4. The molecule has 15 heavy (non-hydrogen) atoms. The van der Waals surface area contributed by atoms with Crippen LogP contribution in [0.5, 0.6) is 0 Å². The summed E-state index contributed by atoms with van der Waals surface area (Å²) in [7, 11) is 0. The first kappa shape index (κ1) is 11.3. The summed E-state index contributed by atoms with van der Waals surface area (Å²) in [6.45, 7) is 5.74. The lowest BCUT2D eigenvalue weighted by atomic mass is 10.2. The quantitative estimate of drug-likeness (QED) is 0.673. The van der Waals surface area contributed by atoms with Crippen molar-refractivity contribution in [3.63, 3.8) is 0 Å². The highest BCUT2D eigenvalue weighted by Gasteiger charge is 2.01. The summed E-state index contributed by atoms with van der Waals surface area (Å²) in [6, 6.07) is 6.49. The van der Waals surface area contributed by atoms with Crippen LogP contribution in [0.1, 0.15) is 19.6 Å². The Bertz CT molecular complexity index is 509. The standard InChI is InChI=1S/C10H9NO2.C2H6/c1-6-4-9(12)8-3-2-7(11)5-10(8)13-6;1-2/h2-5H,11H2,1H3;1-2H3. The molecular weight excluding hydrogens is 190 g/mol. The van der Waals surface area contributed by atoms with E-state index in [2.05, 4.69) is 0 Å². The molecule has 0 spiro atoms. The molecule has 0 aliphatic rings. The average Bonchev–Trinajstić information content (AvgIpc) is 2.19. The van der Waals surface area contributed by atoms with Gasteiger partial charge in [0.2, 0.25) is 0 Å². The number of nitrogen functional groups attached to an aromatic ring is 1. The molecule has 0 fully saturated rings. The molecule has 1 heterocycles. The molecule has 0 unspecified atom stereocenters. The van der Waals surface area contributed by atoms with Crippen LogP contribution in [0.15, 0.2) is 33.5 Å². The van der Waals surface area contributed by atoms with Gasteiger partial charge in [0.25, 0.3) is 0 Å². The van der Waals surface area contributed by atoms with E-state index in [4.69, 9.17) is 10.2 Å². The van der Waals surface area contributed by atoms with Crippen molar-refractivity contribution in [3.05, 3.63) is 40.2 Å². The molecule has 0 saturated carbocycles. The Labute approximate surface area is 88.5 Å². The average molecular weight is 205 g/mol. The number of hydrogen-bond acceptors (Lipinski definition) is 3. The Hall–Kier alpha value is -1.77. The van der Waals surface area contributed by atoms with E-state index >= 15 is 0 Å². The zero-order chi connectivity index (χ0) is 11.4. The second kappa shape index (κ2) is 4.64. The fourth-order valence-electron chi connectivity index (χ4n) is 1.29. The first-order valence-corrected chi connectivity index (χ1v) is 4.97. The largest absolute Gasteiger partial charge is 0.461 e. The summed E-state index contributed by atoms with van der Waals surface area (Å²) in [6.07, 6.45) is 0. The topological polar surface area (TPSA) is 56.2 Å². The zero-order valence-corrected chi connectivity index (χ0v) is 9.20. The monoisotopic (exact) mass is 205 g/mol. The molecule has 0 atom stereocenters. The Morgan fingerprint density at radius 1 is 1.20 bits per heavy atom. The highest BCUT2D eigenvalue weighted by molar-refractivity contribution is 5.79. The van der Waals surface area contributed by atoms with Crippen LogP contribution in [0.3, 0.4) is 0 Å². The van der Waals surface area contributed by atoms with Gasteiger partial charge in [0.1, 0.15) is 11.3 Å². The molecule has 2 N–H and O–H groups in total. The molecule has 3 nitrogen and oxygen atoms in total. The second-order valence-corrected chi connectivity index (χ2v) is 2.98. The van der Waals surface area contributed by atoms with Gasteiger partial charge in [0, 0.05) is 17.8 Å². The van der Waals surface area contributed by atoms with Gasteiger partial charge in [-0.1, -0.05) is 13.8 Å². The number of benzene rings is 1. The highest BCUT2D eigenvalue weighted by atomic mass is 16.3. The SMILES string of the molecule is CC.Cc1cc(=O)c2ccc(N)cc2o1. The molecule has 0 bridgehead atoms. The van der Waals surface area contributed by atoms with E-state index in [0.717, 1.165) is 0 Å². The molecule has 2 aromatic rings. The minimum absolute atomic E-state index is 0.0289. The van der Waals surface area contributed by atoms with Crippen LogP contribution in [0.2, 0.25) is 0 Å². The Balaban J connectivity index is 0.000000531. The van der Waals surface area contributed by atoms with Crippen molar-refractivity contribution in [2.24, 2.45) is 0 Å². The molecule has 80 valence electrons. The van der Waals surface area contributed by atoms with E-state index in [1.165, 1.54) is 6.07 Å². The number of anilines is 1. The molecule has 0 aliphatic carbocycles. The number of aryl methyl sites for hydroxylation is 1. The lowest BCUT2D eigenvalue weighted by Crippen LogP contribution is -2.00. The zero-order valence-electron chi connectivity index (χ0n) is 9.20. The van der Waals surface area contributed by atoms with Gasteiger partial charge in [-0.3, -0.25) is 4.79 Å². The van der Waals surface area contributed by atoms with Gasteiger partial charge < -0.3 is 10.2 Å². The lowest BCUT2D eigenvalue weighted by molar-refractivity contribution is 0.565. The Morgan fingerprint density at radius 2 is 1.87 bits per heavy atom. The van der Waals surface area contributed by atoms with Crippen LogP contribution in [-0.2, 0) is 0 Å². The summed E-state index contributed by atoms with van der Waals surface area (Å²) in [5, 5.41) is 0.569. The third-order valence-corrected chi connectivity index (χ3v) is 1.88. The minimum Gasteiger partial charge on any atom is -0.461 e. The van der Waals surface area contributed by atoms with Gasteiger partial charge in [0.15, 0.2) is 5.43 Å². The predicted molar refractivity (Wildman–Crippen MR) is 63.0 cm³/mol. The van der Waals surface area contributed by atoms with Crippen molar-refractivity contribution in [1.82, 2.24) is 0 Å². The summed E-state index contributed by atoms with van der Waals surface area (Å²) >= 11 is 0. The smallest absolute Gasteiger partial charge is 0.192 e. The van der Waals surface area contributed by atoms with E-state index in [1.807, 2.05) is 13.8 Å². The third-order valence-electron chi connectivity index (χ3n) is 1.88. The maximum Gasteiger partial charge on any atom is 0.192 e. The highest BCUT2D eigenvalue weighted by Crippen LogP contribution is 2.14. The number of fused-ring (bicyclic) bond motifs is 1. The predicted octanol–water partition coefficient (Wildman–Crippen LogP) is 2.71. The molecule has 0 aliphatic heterocycles. The molecular formula is C12H15NO2.